The normalized spacial score (nSPS) is 11.5. The number of nitrogens with zero attached hydrogens (tertiary/aromatic N) is 2. The SMILES string of the molecule is COc1cc([N+](=O)[O-])c(Oc2cccc(C(F)(F)F)c2)c2c(C)cc(C)nc12. The van der Waals surface area contributed by atoms with Crippen molar-refractivity contribution in [3.63, 3.8) is 0 Å². The zero-order valence-electron chi connectivity index (χ0n) is 15.1. The van der Waals surface area contributed by atoms with Gasteiger partial charge in [0.15, 0.2) is 5.75 Å². The molecule has 3 aromatic rings. The second-order valence-corrected chi connectivity index (χ2v) is 6.12. The van der Waals surface area contributed by atoms with Gasteiger partial charge in [0, 0.05) is 5.69 Å². The molecule has 0 unspecified atom stereocenters. The summed E-state index contributed by atoms with van der Waals surface area (Å²) in [7, 11) is 1.35. The zero-order chi connectivity index (χ0) is 20.6. The first-order chi connectivity index (χ1) is 13.1. The highest BCUT2D eigenvalue weighted by Crippen LogP contribution is 2.44. The molecule has 0 saturated carbocycles. The number of aryl methyl sites for hydroxylation is 2. The van der Waals surface area contributed by atoms with E-state index >= 15 is 0 Å². The molecule has 1 heterocycles. The molecule has 146 valence electrons. The Hall–Kier alpha value is -3.36. The molecule has 0 aliphatic heterocycles. The average Bonchev–Trinajstić information content (AvgIpc) is 2.60. The van der Waals surface area contributed by atoms with Gasteiger partial charge >= 0.3 is 11.9 Å². The van der Waals surface area contributed by atoms with Gasteiger partial charge in [-0.1, -0.05) is 6.07 Å². The maximum atomic E-state index is 13.0. The fourth-order valence-electron chi connectivity index (χ4n) is 2.94. The summed E-state index contributed by atoms with van der Waals surface area (Å²) in [6, 6.07) is 7.00. The molecule has 28 heavy (non-hydrogen) atoms. The van der Waals surface area contributed by atoms with Crippen molar-refractivity contribution in [1.82, 2.24) is 4.98 Å². The Bertz CT molecular complexity index is 1080. The molecule has 0 atom stereocenters. The van der Waals surface area contributed by atoms with Gasteiger partial charge in [0.05, 0.1) is 29.0 Å². The molecule has 0 N–H and O–H groups in total. The predicted octanol–water partition coefficient (Wildman–Crippen LogP) is 5.58. The molecule has 0 saturated heterocycles. The predicted molar refractivity (Wildman–Crippen MR) is 95.9 cm³/mol. The number of aromatic nitrogens is 1. The number of ether oxygens (including phenoxy) is 2. The van der Waals surface area contributed by atoms with Gasteiger partial charge in [0.2, 0.25) is 5.75 Å². The summed E-state index contributed by atoms with van der Waals surface area (Å²) in [5, 5.41) is 11.9. The minimum absolute atomic E-state index is 0.171. The molecule has 0 aliphatic carbocycles. The third kappa shape index (κ3) is 3.55. The highest BCUT2D eigenvalue weighted by Gasteiger charge is 2.31. The molecule has 2 aromatic carbocycles. The van der Waals surface area contributed by atoms with E-state index in [0.717, 1.165) is 18.2 Å². The Kier molecular flexibility index (Phi) is 4.84. The van der Waals surface area contributed by atoms with Crippen molar-refractivity contribution in [3.8, 4) is 17.2 Å². The second-order valence-electron chi connectivity index (χ2n) is 6.12. The first-order valence-electron chi connectivity index (χ1n) is 8.10. The van der Waals surface area contributed by atoms with Crippen molar-refractivity contribution in [2.45, 2.75) is 20.0 Å². The maximum absolute atomic E-state index is 13.0. The Morgan fingerprint density at radius 1 is 1.14 bits per heavy atom. The Morgan fingerprint density at radius 3 is 2.46 bits per heavy atom. The number of nitro groups is 1. The van der Waals surface area contributed by atoms with Crippen LogP contribution in [-0.2, 0) is 6.18 Å². The topological polar surface area (TPSA) is 74.5 Å². The molecule has 0 radical (unpaired) electrons. The lowest BCUT2D eigenvalue weighted by Gasteiger charge is -2.15. The van der Waals surface area contributed by atoms with E-state index in [9.17, 15) is 23.3 Å². The van der Waals surface area contributed by atoms with Crippen LogP contribution in [0.3, 0.4) is 0 Å². The van der Waals surface area contributed by atoms with E-state index in [1.165, 1.54) is 19.2 Å². The molecule has 0 aliphatic rings. The third-order valence-corrected chi connectivity index (χ3v) is 4.10. The summed E-state index contributed by atoms with van der Waals surface area (Å²) < 4.78 is 49.8. The summed E-state index contributed by atoms with van der Waals surface area (Å²) in [4.78, 5) is 15.3. The molecule has 0 fully saturated rings. The zero-order valence-corrected chi connectivity index (χ0v) is 15.1. The van der Waals surface area contributed by atoms with E-state index in [1.807, 2.05) is 0 Å². The summed E-state index contributed by atoms with van der Waals surface area (Å²) in [5.41, 5.74) is 0.243. The first kappa shape index (κ1) is 19.4. The van der Waals surface area contributed by atoms with Crippen molar-refractivity contribution < 1.29 is 27.6 Å². The van der Waals surface area contributed by atoms with E-state index < -0.39 is 22.4 Å². The number of rotatable bonds is 4. The molecule has 1 aromatic heterocycles. The van der Waals surface area contributed by atoms with Gasteiger partial charge < -0.3 is 9.47 Å². The van der Waals surface area contributed by atoms with Crippen LogP contribution in [-0.4, -0.2) is 17.0 Å². The summed E-state index contributed by atoms with van der Waals surface area (Å²) in [6.45, 7) is 3.46. The van der Waals surface area contributed by atoms with Crippen molar-refractivity contribution >= 4 is 16.6 Å². The quantitative estimate of drug-likeness (QED) is 0.428. The number of hydrogen-bond acceptors (Lipinski definition) is 5. The van der Waals surface area contributed by atoms with E-state index in [0.29, 0.717) is 22.2 Å². The minimum Gasteiger partial charge on any atom is -0.494 e. The van der Waals surface area contributed by atoms with Crippen molar-refractivity contribution in [1.29, 1.82) is 0 Å². The summed E-state index contributed by atoms with van der Waals surface area (Å²) >= 11 is 0. The summed E-state index contributed by atoms with van der Waals surface area (Å²) in [5.74, 6) is -0.195. The number of halogens is 3. The smallest absolute Gasteiger partial charge is 0.416 e. The lowest BCUT2D eigenvalue weighted by atomic mass is 10.1. The highest BCUT2D eigenvalue weighted by molar-refractivity contribution is 5.96. The summed E-state index contributed by atoms with van der Waals surface area (Å²) in [6.07, 6.45) is -4.57. The van der Waals surface area contributed by atoms with Crippen LogP contribution < -0.4 is 9.47 Å². The number of fused-ring (bicyclic) bond motifs is 1. The van der Waals surface area contributed by atoms with Crippen LogP contribution in [0, 0.1) is 24.0 Å². The standard InChI is InChI=1S/C19H15F3N2O4/c1-10-7-11(2)23-17-15(27-3)9-14(24(25)26)18(16(10)17)28-13-6-4-5-12(8-13)19(20,21)22/h4-9H,1-3H3. The Balaban J connectivity index is 2.28. The van der Waals surface area contributed by atoms with E-state index in [4.69, 9.17) is 9.47 Å². The van der Waals surface area contributed by atoms with Crippen LogP contribution in [0.2, 0.25) is 0 Å². The van der Waals surface area contributed by atoms with Crippen molar-refractivity contribution in [2.24, 2.45) is 0 Å². The molecule has 0 bridgehead atoms. The lowest BCUT2D eigenvalue weighted by Crippen LogP contribution is -2.05. The molecule has 3 rings (SSSR count). The van der Waals surface area contributed by atoms with Gasteiger partial charge in [-0.3, -0.25) is 10.1 Å². The fraction of sp³-hybridized carbons (Fsp3) is 0.211. The monoisotopic (exact) mass is 392 g/mol. The van der Waals surface area contributed by atoms with E-state index in [2.05, 4.69) is 4.98 Å². The van der Waals surface area contributed by atoms with E-state index in [1.54, 1.807) is 19.9 Å². The number of hydrogen-bond donors (Lipinski definition) is 0. The average molecular weight is 392 g/mol. The molecule has 9 heteroatoms. The lowest BCUT2D eigenvalue weighted by molar-refractivity contribution is -0.385. The van der Waals surface area contributed by atoms with Gasteiger partial charge in [-0.05, 0) is 43.7 Å². The van der Waals surface area contributed by atoms with Crippen LogP contribution >= 0.6 is 0 Å². The van der Waals surface area contributed by atoms with Crippen LogP contribution in [0.15, 0.2) is 36.4 Å². The fourth-order valence-corrected chi connectivity index (χ4v) is 2.94. The van der Waals surface area contributed by atoms with Crippen LogP contribution in [0.25, 0.3) is 10.9 Å². The van der Waals surface area contributed by atoms with Gasteiger partial charge in [-0.25, -0.2) is 4.98 Å². The number of pyridine rings is 1. The number of alkyl halides is 3. The van der Waals surface area contributed by atoms with Crippen LogP contribution in [0.1, 0.15) is 16.8 Å². The number of benzene rings is 2. The molecular formula is C19H15F3N2O4. The first-order valence-corrected chi connectivity index (χ1v) is 8.10. The number of nitro benzene ring substituents is 1. The van der Waals surface area contributed by atoms with Gasteiger partial charge in [-0.15, -0.1) is 0 Å². The maximum Gasteiger partial charge on any atom is 0.416 e. The minimum atomic E-state index is -4.57. The molecular weight excluding hydrogens is 377 g/mol. The van der Waals surface area contributed by atoms with E-state index in [-0.39, 0.29) is 17.2 Å². The van der Waals surface area contributed by atoms with Crippen molar-refractivity contribution in [3.05, 3.63) is 63.3 Å². The largest absolute Gasteiger partial charge is 0.494 e. The third-order valence-electron chi connectivity index (χ3n) is 4.10. The van der Waals surface area contributed by atoms with Crippen LogP contribution in [0.4, 0.5) is 18.9 Å². The molecule has 0 amide bonds. The van der Waals surface area contributed by atoms with Gasteiger partial charge in [-0.2, -0.15) is 13.2 Å². The highest BCUT2D eigenvalue weighted by atomic mass is 19.4. The van der Waals surface area contributed by atoms with Crippen molar-refractivity contribution in [2.75, 3.05) is 7.11 Å². The second kappa shape index (κ2) is 6.99. The molecule has 0 spiro atoms. The Morgan fingerprint density at radius 2 is 1.86 bits per heavy atom. The number of methoxy groups -OCH3 is 1. The molecule has 6 nitrogen and oxygen atoms in total. The van der Waals surface area contributed by atoms with Gasteiger partial charge in [0.25, 0.3) is 0 Å². The Labute approximate surface area is 157 Å². The van der Waals surface area contributed by atoms with Crippen LogP contribution in [0.5, 0.6) is 17.2 Å². The van der Waals surface area contributed by atoms with Gasteiger partial charge in [0.1, 0.15) is 11.3 Å².